The van der Waals surface area contributed by atoms with Gasteiger partial charge in [0.2, 0.25) is 0 Å². The van der Waals surface area contributed by atoms with Gasteiger partial charge in [-0.25, -0.2) is 0 Å². The predicted octanol–water partition coefficient (Wildman–Crippen LogP) is 13.2. The van der Waals surface area contributed by atoms with Crippen LogP contribution in [0.1, 0.15) is 35.8 Å². The molecule has 0 N–H and O–H groups in total. The third-order valence-corrected chi connectivity index (χ3v) is 12.1. The molecule has 1 aliphatic heterocycles. The van der Waals surface area contributed by atoms with E-state index in [1.54, 1.807) is 0 Å². The molecule has 4 heterocycles. The van der Waals surface area contributed by atoms with E-state index in [1.807, 2.05) is 18.2 Å². The highest BCUT2D eigenvalue weighted by Gasteiger charge is 2.39. The summed E-state index contributed by atoms with van der Waals surface area (Å²) in [4.78, 5) is 2.52. The topological polar surface area (TPSA) is 58.2 Å². The highest BCUT2D eigenvalue weighted by molar-refractivity contribution is 6.25. The van der Waals surface area contributed by atoms with E-state index < -0.39 is 0 Å². The van der Waals surface area contributed by atoms with Crippen molar-refractivity contribution in [2.24, 2.45) is 0 Å². The molecule has 0 saturated carbocycles. The summed E-state index contributed by atoms with van der Waals surface area (Å²) in [5, 5.41) is 17.5. The fourth-order valence-electron chi connectivity index (χ4n) is 9.80. The molecule has 3 unspecified atom stereocenters. The Morgan fingerprint density at radius 2 is 1.38 bits per heavy atom. The smallest absolute Gasteiger partial charge is 0.137 e. The maximum Gasteiger partial charge on any atom is 0.137 e. The Kier molecular flexibility index (Phi) is 6.35. The fraction of sp³-hybridized carbons (Fsp3) is 0.100. The Bertz CT molecular complexity index is 3270. The number of allylic oxidation sites excluding steroid dienone is 6. The SMILES string of the molecule is N#CC1=CC(c2cccc(N3c4c(ccc5oc6ccccc6c45)C4C=CC=CC43)c2)CCC(n2c3ccccc3c3ccc4oc5ccccc5c4c32)=C1. The minimum atomic E-state index is 0.0522. The van der Waals surface area contributed by atoms with Crippen molar-refractivity contribution < 1.29 is 8.83 Å². The summed E-state index contributed by atoms with van der Waals surface area (Å²) in [5.41, 5.74) is 12.5. The van der Waals surface area contributed by atoms with Crippen LogP contribution in [0.3, 0.4) is 0 Å². The molecule has 0 spiro atoms. The van der Waals surface area contributed by atoms with Crippen LogP contribution in [0.4, 0.5) is 11.4 Å². The van der Waals surface area contributed by atoms with E-state index >= 15 is 0 Å². The van der Waals surface area contributed by atoms with Gasteiger partial charge in [0.25, 0.3) is 0 Å². The van der Waals surface area contributed by atoms with Crippen molar-refractivity contribution in [3.8, 4) is 6.07 Å². The lowest BCUT2D eigenvalue weighted by molar-refractivity contribution is 0.668. The molecule has 9 aromatic rings. The fourth-order valence-corrected chi connectivity index (χ4v) is 9.80. The molecule has 5 nitrogen and oxygen atoms in total. The van der Waals surface area contributed by atoms with Gasteiger partial charge in [0.1, 0.15) is 22.3 Å². The van der Waals surface area contributed by atoms with Crippen molar-refractivity contribution in [2.45, 2.75) is 30.7 Å². The van der Waals surface area contributed by atoms with E-state index in [0.29, 0.717) is 5.57 Å². The monoisotopic (exact) mass is 707 g/mol. The molecule has 0 saturated heterocycles. The van der Waals surface area contributed by atoms with E-state index in [4.69, 9.17) is 8.83 Å². The predicted molar refractivity (Wildman–Crippen MR) is 224 cm³/mol. The number of rotatable bonds is 3. The zero-order valence-electron chi connectivity index (χ0n) is 29.8. The molecule has 2 aliphatic carbocycles. The molecule has 3 aromatic heterocycles. The largest absolute Gasteiger partial charge is 0.456 e. The zero-order valence-corrected chi connectivity index (χ0v) is 29.8. The molecule has 5 heteroatoms. The van der Waals surface area contributed by atoms with E-state index in [-0.39, 0.29) is 17.9 Å². The Balaban J connectivity index is 0.979. The average Bonchev–Trinajstić information content (AvgIpc) is 3.94. The molecular formula is C50H33N3O2. The molecule has 3 aliphatic rings. The summed E-state index contributed by atoms with van der Waals surface area (Å²) < 4.78 is 15.2. The molecular weight excluding hydrogens is 675 g/mol. The second-order valence-corrected chi connectivity index (χ2v) is 15.0. The summed E-state index contributed by atoms with van der Waals surface area (Å²) in [6, 6.07) is 45.6. The molecule has 12 rings (SSSR count). The number of nitrogens with zero attached hydrogens (tertiary/aromatic N) is 3. The van der Waals surface area contributed by atoms with Crippen molar-refractivity contribution in [3.63, 3.8) is 0 Å². The summed E-state index contributed by atoms with van der Waals surface area (Å²) in [7, 11) is 0. The molecule has 55 heavy (non-hydrogen) atoms. The number of hydrogen-bond acceptors (Lipinski definition) is 4. The van der Waals surface area contributed by atoms with Gasteiger partial charge in [0.05, 0.1) is 45.2 Å². The summed E-state index contributed by atoms with van der Waals surface area (Å²) in [6.07, 6.45) is 14.9. The van der Waals surface area contributed by atoms with E-state index in [0.717, 1.165) is 79.1 Å². The van der Waals surface area contributed by atoms with Gasteiger partial charge in [-0.1, -0.05) is 103 Å². The Labute approximate surface area is 316 Å². The molecule has 3 atom stereocenters. The molecule has 0 amide bonds. The molecule has 0 bridgehead atoms. The first-order valence-electron chi connectivity index (χ1n) is 19.1. The lowest BCUT2D eigenvalue weighted by Gasteiger charge is -2.30. The van der Waals surface area contributed by atoms with Crippen LogP contribution in [0.5, 0.6) is 0 Å². The highest BCUT2D eigenvalue weighted by Crippen LogP contribution is 2.53. The first-order valence-corrected chi connectivity index (χ1v) is 19.1. The van der Waals surface area contributed by atoms with Gasteiger partial charge in [0, 0.05) is 44.8 Å². The number of aromatic nitrogens is 1. The number of para-hydroxylation sites is 3. The van der Waals surface area contributed by atoms with Crippen molar-refractivity contribution in [3.05, 3.63) is 174 Å². The standard InChI is InChI=1S/C50H33N3O2/c51-29-30-26-32(20-21-34(27-30)53-42-17-6-2-13-36(42)38-23-25-46-48(50(38)53)40-15-4-8-19-44(40)55-46)31-10-9-11-33(28-31)52-41-16-5-1-12-35(41)37-22-24-45-47(49(37)52)39-14-3-7-18-43(39)54-45/h1-19,22-28,32,35,41H,20-21H2. The second-order valence-electron chi connectivity index (χ2n) is 15.0. The maximum absolute atomic E-state index is 10.6. The van der Waals surface area contributed by atoms with Crippen molar-refractivity contribution in [1.82, 2.24) is 4.57 Å². The number of furan rings is 2. The van der Waals surface area contributed by atoms with Crippen LogP contribution < -0.4 is 4.90 Å². The van der Waals surface area contributed by atoms with Gasteiger partial charge in [-0.05, 0) is 78.6 Å². The van der Waals surface area contributed by atoms with Crippen LogP contribution in [0.2, 0.25) is 0 Å². The Hall–Kier alpha value is -7.03. The van der Waals surface area contributed by atoms with Gasteiger partial charge in [-0.15, -0.1) is 0 Å². The van der Waals surface area contributed by atoms with Gasteiger partial charge in [0.15, 0.2) is 0 Å². The van der Waals surface area contributed by atoms with Gasteiger partial charge in [-0.3, -0.25) is 0 Å². The molecule has 0 radical (unpaired) electrons. The summed E-state index contributed by atoms with van der Waals surface area (Å²) in [6.45, 7) is 0. The quantitative estimate of drug-likeness (QED) is 0.183. The number of anilines is 2. The molecule has 0 fully saturated rings. The van der Waals surface area contributed by atoms with Crippen LogP contribution in [0.25, 0.3) is 71.4 Å². The third-order valence-electron chi connectivity index (χ3n) is 12.1. The van der Waals surface area contributed by atoms with Crippen molar-refractivity contribution >= 4 is 82.8 Å². The summed E-state index contributed by atoms with van der Waals surface area (Å²) in [5.74, 6) is 0.290. The Morgan fingerprint density at radius 1 is 0.655 bits per heavy atom. The van der Waals surface area contributed by atoms with Crippen LogP contribution in [-0.4, -0.2) is 10.6 Å². The van der Waals surface area contributed by atoms with Crippen LogP contribution in [0, 0.1) is 11.3 Å². The Morgan fingerprint density at radius 3 is 2.22 bits per heavy atom. The van der Waals surface area contributed by atoms with Crippen LogP contribution in [0.15, 0.2) is 172 Å². The lowest BCUT2D eigenvalue weighted by Crippen LogP contribution is -2.28. The first kappa shape index (κ1) is 30.4. The number of nitriles is 1. The molecule has 6 aromatic carbocycles. The van der Waals surface area contributed by atoms with E-state index in [9.17, 15) is 5.26 Å². The van der Waals surface area contributed by atoms with E-state index in [2.05, 4.69) is 155 Å². The van der Waals surface area contributed by atoms with E-state index in [1.165, 1.54) is 27.6 Å². The minimum Gasteiger partial charge on any atom is -0.456 e. The van der Waals surface area contributed by atoms with Crippen molar-refractivity contribution in [1.29, 1.82) is 5.26 Å². The number of benzene rings is 6. The second kappa shape index (κ2) is 11.5. The normalized spacial score (nSPS) is 19.3. The summed E-state index contributed by atoms with van der Waals surface area (Å²) >= 11 is 0. The number of hydrogen-bond donors (Lipinski definition) is 0. The minimum absolute atomic E-state index is 0.0522. The van der Waals surface area contributed by atoms with Gasteiger partial charge >= 0.3 is 0 Å². The van der Waals surface area contributed by atoms with Crippen LogP contribution in [-0.2, 0) is 0 Å². The zero-order chi connectivity index (χ0) is 36.2. The average molecular weight is 708 g/mol. The first-order chi connectivity index (χ1) is 27.2. The number of fused-ring (bicyclic) bond motifs is 14. The molecule has 260 valence electrons. The highest BCUT2D eigenvalue weighted by atomic mass is 16.3. The maximum atomic E-state index is 10.6. The van der Waals surface area contributed by atoms with Crippen molar-refractivity contribution in [2.75, 3.05) is 4.90 Å². The lowest BCUT2D eigenvalue weighted by atomic mass is 9.90. The van der Waals surface area contributed by atoms with Gasteiger partial charge < -0.3 is 18.3 Å². The van der Waals surface area contributed by atoms with Crippen LogP contribution >= 0.6 is 0 Å². The third kappa shape index (κ3) is 4.34. The van der Waals surface area contributed by atoms with Gasteiger partial charge in [-0.2, -0.15) is 5.26 Å².